The largest absolute Gasteiger partial charge is 0.294 e. The smallest absolute Gasteiger partial charge is 0.240 e. The van der Waals surface area contributed by atoms with Gasteiger partial charge in [0.2, 0.25) is 15.9 Å². The van der Waals surface area contributed by atoms with Crippen molar-refractivity contribution in [1.82, 2.24) is 10.1 Å². The van der Waals surface area contributed by atoms with Gasteiger partial charge in [-0.1, -0.05) is 36.8 Å². The molecule has 0 fully saturated rings. The average Bonchev–Trinajstić information content (AvgIpc) is 2.57. The zero-order chi connectivity index (χ0) is 16.7. The third-order valence-electron chi connectivity index (χ3n) is 3.56. The van der Waals surface area contributed by atoms with Crippen LogP contribution in [0.1, 0.15) is 25.7 Å². The number of fused-ring (bicyclic) bond motifs is 1. The standard InChI is InChI=1S/C16H21N3O3S/c17-19-16(20)8-2-1-5-11-18-23(21,22)15-10-9-13-6-3-4-7-14(13)12-15/h3-4,6-7,9-10,12,18H,1-2,5,8,11,17H2,(H,19,20). The number of sulfonamides is 1. The first kappa shape index (κ1) is 17.4. The number of hydrazine groups is 1. The second kappa shape index (κ2) is 8.05. The second-order valence-corrected chi connectivity index (χ2v) is 7.05. The minimum Gasteiger partial charge on any atom is -0.294 e. The lowest BCUT2D eigenvalue weighted by Gasteiger charge is -2.08. The zero-order valence-electron chi connectivity index (χ0n) is 12.8. The highest BCUT2D eigenvalue weighted by molar-refractivity contribution is 7.89. The zero-order valence-corrected chi connectivity index (χ0v) is 13.6. The van der Waals surface area contributed by atoms with E-state index in [0.717, 1.165) is 17.2 Å². The van der Waals surface area contributed by atoms with Crippen LogP contribution in [0.5, 0.6) is 0 Å². The normalized spacial score (nSPS) is 11.5. The van der Waals surface area contributed by atoms with Gasteiger partial charge in [0.1, 0.15) is 0 Å². The van der Waals surface area contributed by atoms with Crippen molar-refractivity contribution in [3.8, 4) is 0 Å². The summed E-state index contributed by atoms with van der Waals surface area (Å²) in [5.74, 6) is 4.78. The quantitative estimate of drug-likeness (QED) is 0.295. The predicted octanol–water partition coefficient (Wildman–Crippen LogP) is 1.67. The van der Waals surface area contributed by atoms with E-state index in [1.165, 1.54) is 0 Å². The Morgan fingerprint density at radius 3 is 2.48 bits per heavy atom. The van der Waals surface area contributed by atoms with Gasteiger partial charge in [0.05, 0.1) is 4.90 Å². The monoisotopic (exact) mass is 335 g/mol. The number of benzene rings is 2. The van der Waals surface area contributed by atoms with E-state index < -0.39 is 10.0 Å². The van der Waals surface area contributed by atoms with Gasteiger partial charge < -0.3 is 0 Å². The van der Waals surface area contributed by atoms with Gasteiger partial charge in [-0.3, -0.25) is 10.2 Å². The number of unbranched alkanes of at least 4 members (excludes halogenated alkanes) is 2. The van der Waals surface area contributed by atoms with Crippen molar-refractivity contribution in [3.05, 3.63) is 42.5 Å². The third-order valence-corrected chi connectivity index (χ3v) is 5.02. The number of nitrogens with one attached hydrogen (secondary N) is 2. The predicted molar refractivity (Wildman–Crippen MR) is 89.9 cm³/mol. The minimum absolute atomic E-state index is 0.207. The Morgan fingerprint density at radius 2 is 1.74 bits per heavy atom. The summed E-state index contributed by atoms with van der Waals surface area (Å²) in [5.41, 5.74) is 2.07. The molecule has 0 atom stereocenters. The van der Waals surface area contributed by atoms with Gasteiger partial charge in [-0.2, -0.15) is 0 Å². The fourth-order valence-electron chi connectivity index (χ4n) is 2.28. The van der Waals surface area contributed by atoms with E-state index in [-0.39, 0.29) is 10.8 Å². The molecule has 124 valence electrons. The Labute approximate surface area is 136 Å². The molecule has 23 heavy (non-hydrogen) atoms. The summed E-state index contributed by atoms with van der Waals surface area (Å²) >= 11 is 0. The van der Waals surface area contributed by atoms with E-state index >= 15 is 0 Å². The van der Waals surface area contributed by atoms with Gasteiger partial charge in [0.25, 0.3) is 0 Å². The Balaban J connectivity index is 1.87. The molecule has 0 aromatic heterocycles. The summed E-state index contributed by atoms with van der Waals surface area (Å²) in [7, 11) is -3.51. The number of nitrogens with two attached hydrogens (primary N) is 1. The van der Waals surface area contributed by atoms with Crippen molar-refractivity contribution in [2.24, 2.45) is 5.84 Å². The lowest BCUT2D eigenvalue weighted by molar-refractivity contribution is -0.121. The van der Waals surface area contributed by atoms with E-state index in [0.29, 0.717) is 25.8 Å². The van der Waals surface area contributed by atoms with Crippen LogP contribution < -0.4 is 16.0 Å². The molecule has 0 bridgehead atoms. The molecule has 0 spiro atoms. The molecule has 4 N–H and O–H groups in total. The Bertz CT molecular complexity index is 775. The van der Waals surface area contributed by atoms with E-state index in [9.17, 15) is 13.2 Å². The van der Waals surface area contributed by atoms with Crippen LogP contribution in [0.4, 0.5) is 0 Å². The molecular weight excluding hydrogens is 314 g/mol. The number of amides is 1. The first-order valence-electron chi connectivity index (χ1n) is 7.51. The molecule has 0 saturated carbocycles. The van der Waals surface area contributed by atoms with E-state index in [1.807, 2.05) is 24.3 Å². The van der Waals surface area contributed by atoms with Crippen molar-refractivity contribution in [3.63, 3.8) is 0 Å². The molecular formula is C16H21N3O3S. The third kappa shape index (κ3) is 5.02. The van der Waals surface area contributed by atoms with Gasteiger partial charge in [0, 0.05) is 13.0 Å². The van der Waals surface area contributed by atoms with E-state index in [4.69, 9.17) is 5.84 Å². The number of hydrogen-bond donors (Lipinski definition) is 3. The Morgan fingerprint density at radius 1 is 1.00 bits per heavy atom. The molecule has 0 aliphatic rings. The van der Waals surface area contributed by atoms with Crippen LogP contribution in [0.2, 0.25) is 0 Å². The average molecular weight is 335 g/mol. The lowest BCUT2D eigenvalue weighted by atomic mass is 10.1. The van der Waals surface area contributed by atoms with Crippen LogP contribution in [0.25, 0.3) is 10.8 Å². The van der Waals surface area contributed by atoms with Crippen LogP contribution in [-0.2, 0) is 14.8 Å². The van der Waals surface area contributed by atoms with Crippen molar-refractivity contribution < 1.29 is 13.2 Å². The summed E-state index contributed by atoms with van der Waals surface area (Å²) in [6.07, 6.45) is 2.47. The maximum absolute atomic E-state index is 12.3. The molecule has 7 heteroatoms. The number of carbonyl (C=O) groups is 1. The fraction of sp³-hybridized carbons (Fsp3) is 0.312. The number of rotatable bonds is 8. The first-order chi connectivity index (χ1) is 11.0. The van der Waals surface area contributed by atoms with Gasteiger partial charge in [-0.15, -0.1) is 0 Å². The molecule has 0 aliphatic carbocycles. The molecule has 0 heterocycles. The van der Waals surface area contributed by atoms with E-state index in [1.54, 1.807) is 18.2 Å². The van der Waals surface area contributed by atoms with Crippen molar-refractivity contribution in [2.75, 3.05) is 6.54 Å². The van der Waals surface area contributed by atoms with Crippen molar-refractivity contribution in [2.45, 2.75) is 30.6 Å². The molecule has 2 aromatic rings. The summed E-state index contributed by atoms with van der Waals surface area (Å²) in [4.78, 5) is 11.2. The van der Waals surface area contributed by atoms with Crippen LogP contribution in [0.3, 0.4) is 0 Å². The number of hydrogen-bond acceptors (Lipinski definition) is 4. The summed E-state index contributed by atoms with van der Waals surface area (Å²) in [5, 5.41) is 1.90. The first-order valence-corrected chi connectivity index (χ1v) is 8.99. The van der Waals surface area contributed by atoms with Gasteiger partial charge in [-0.25, -0.2) is 19.0 Å². The molecule has 1 amide bonds. The highest BCUT2D eigenvalue weighted by atomic mass is 32.2. The summed E-state index contributed by atoms with van der Waals surface area (Å²) in [6, 6.07) is 12.7. The second-order valence-electron chi connectivity index (χ2n) is 5.28. The molecule has 0 unspecified atom stereocenters. The summed E-state index contributed by atoms with van der Waals surface area (Å²) < 4.78 is 27.1. The van der Waals surface area contributed by atoms with Crippen LogP contribution in [0.15, 0.2) is 47.4 Å². The lowest BCUT2D eigenvalue weighted by Crippen LogP contribution is -2.29. The minimum atomic E-state index is -3.51. The van der Waals surface area contributed by atoms with Crippen LogP contribution in [-0.4, -0.2) is 20.9 Å². The van der Waals surface area contributed by atoms with Gasteiger partial charge in [-0.05, 0) is 35.7 Å². The van der Waals surface area contributed by atoms with Crippen molar-refractivity contribution in [1.29, 1.82) is 0 Å². The van der Waals surface area contributed by atoms with E-state index in [2.05, 4.69) is 10.1 Å². The molecule has 2 rings (SSSR count). The summed E-state index contributed by atoms with van der Waals surface area (Å²) in [6.45, 7) is 0.347. The molecule has 2 aromatic carbocycles. The van der Waals surface area contributed by atoms with Gasteiger partial charge in [0.15, 0.2) is 0 Å². The topological polar surface area (TPSA) is 101 Å². The molecule has 0 radical (unpaired) electrons. The SMILES string of the molecule is NNC(=O)CCCCCNS(=O)(=O)c1ccc2ccccc2c1. The van der Waals surface area contributed by atoms with Crippen LogP contribution in [0, 0.1) is 0 Å². The fourth-order valence-corrected chi connectivity index (χ4v) is 3.39. The Kier molecular flexibility index (Phi) is 6.09. The van der Waals surface area contributed by atoms with Gasteiger partial charge >= 0.3 is 0 Å². The number of carbonyl (C=O) groups excluding carboxylic acids is 1. The maximum Gasteiger partial charge on any atom is 0.240 e. The molecule has 0 saturated heterocycles. The maximum atomic E-state index is 12.3. The van der Waals surface area contributed by atoms with Crippen LogP contribution >= 0.6 is 0 Å². The molecule has 6 nitrogen and oxygen atoms in total. The highest BCUT2D eigenvalue weighted by Crippen LogP contribution is 2.18. The highest BCUT2D eigenvalue weighted by Gasteiger charge is 2.13. The van der Waals surface area contributed by atoms with Crippen molar-refractivity contribution >= 4 is 26.7 Å². The Hall–Kier alpha value is -1.96. The molecule has 0 aliphatic heterocycles.